The highest BCUT2D eigenvalue weighted by Crippen LogP contribution is 2.27. The Bertz CT molecular complexity index is 1070. The first-order valence-electron chi connectivity index (χ1n) is 7.07. The first-order chi connectivity index (χ1) is 11.2. The van der Waals surface area contributed by atoms with Crippen LogP contribution in [-0.2, 0) is 0 Å². The molecule has 1 aliphatic rings. The average molecular weight is 302 g/mol. The third-order valence-electron chi connectivity index (χ3n) is 3.93. The second-order valence-corrected chi connectivity index (χ2v) is 5.27. The number of para-hydroxylation sites is 1. The second kappa shape index (κ2) is 4.88. The number of rotatable bonds is 1. The maximum atomic E-state index is 12.6. The van der Waals surface area contributed by atoms with E-state index in [-0.39, 0.29) is 28.1 Å². The Balaban J connectivity index is 1.96. The van der Waals surface area contributed by atoms with Gasteiger partial charge in [-0.25, -0.2) is 0 Å². The lowest BCUT2D eigenvalue weighted by atomic mass is 9.86. The standard InChI is InChI=1S/C19H10O4/c20-16-9-14(18(21)12-6-2-1-5-11(12)16)15-10-23-17-8-4-3-7-13(17)19(15)22/h1-10H. The summed E-state index contributed by atoms with van der Waals surface area (Å²) in [6, 6.07) is 13.4. The number of carbonyl (C=O) groups excluding carboxylic acids is 2. The molecule has 1 aromatic heterocycles. The minimum atomic E-state index is -0.345. The summed E-state index contributed by atoms with van der Waals surface area (Å²) in [5.74, 6) is -0.634. The molecule has 4 rings (SSSR count). The van der Waals surface area contributed by atoms with Gasteiger partial charge in [-0.15, -0.1) is 0 Å². The van der Waals surface area contributed by atoms with Gasteiger partial charge < -0.3 is 4.42 Å². The summed E-state index contributed by atoms with van der Waals surface area (Å²) < 4.78 is 5.44. The molecule has 1 heterocycles. The van der Waals surface area contributed by atoms with Crippen LogP contribution in [0.5, 0.6) is 0 Å². The first-order valence-corrected chi connectivity index (χ1v) is 7.07. The molecule has 0 atom stereocenters. The van der Waals surface area contributed by atoms with E-state index in [1.165, 1.54) is 12.3 Å². The van der Waals surface area contributed by atoms with Crippen LogP contribution >= 0.6 is 0 Å². The van der Waals surface area contributed by atoms with Gasteiger partial charge in [-0.3, -0.25) is 14.4 Å². The molecule has 0 radical (unpaired) electrons. The molecular weight excluding hydrogens is 292 g/mol. The summed E-state index contributed by atoms with van der Waals surface area (Å²) in [7, 11) is 0. The quantitative estimate of drug-likeness (QED) is 0.692. The van der Waals surface area contributed by atoms with E-state index < -0.39 is 0 Å². The molecule has 110 valence electrons. The van der Waals surface area contributed by atoms with Gasteiger partial charge in [0, 0.05) is 16.7 Å². The summed E-state index contributed by atoms with van der Waals surface area (Å²) in [6.45, 7) is 0. The molecular formula is C19H10O4. The van der Waals surface area contributed by atoms with Crippen molar-refractivity contribution in [2.75, 3.05) is 0 Å². The van der Waals surface area contributed by atoms with Gasteiger partial charge in [0.15, 0.2) is 11.6 Å². The predicted octanol–water partition coefficient (Wildman–Crippen LogP) is 3.26. The Morgan fingerprint density at radius 3 is 2.26 bits per heavy atom. The third kappa shape index (κ3) is 1.96. The maximum Gasteiger partial charge on any atom is 0.200 e. The molecule has 4 nitrogen and oxygen atoms in total. The zero-order valence-electron chi connectivity index (χ0n) is 11.9. The molecule has 0 unspecified atom stereocenters. The van der Waals surface area contributed by atoms with Gasteiger partial charge in [0.1, 0.15) is 11.8 Å². The van der Waals surface area contributed by atoms with Gasteiger partial charge in [-0.2, -0.15) is 0 Å². The van der Waals surface area contributed by atoms with Crippen molar-refractivity contribution >= 4 is 28.1 Å². The molecule has 0 aliphatic heterocycles. The van der Waals surface area contributed by atoms with Crippen molar-refractivity contribution < 1.29 is 14.0 Å². The monoisotopic (exact) mass is 302 g/mol. The lowest BCUT2D eigenvalue weighted by Crippen LogP contribution is -2.20. The number of allylic oxidation sites excluding steroid dienone is 2. The topological polar surface area (TPSA) is 64.3 Å². The number of ketones is 2. The highest BCUT2D eigenvalue weighted by Gasteiger charge is 2.28. The Morgan fingerprint density at radius 2 is 1.43 bits per heavy atom. The van der Waals surface area contributed by atoms with Gasteiger partial charge in [0.25, 0.3) is 0 Å². The first kappa shape index (κ1) is 13.4. The van der Waals surface area contributed by atoms with E-state index >= 15 is 0 Å². The van der Waals surface area contributed by atoms with Gasteiger partial charge in [-0.05, 0) is 18.2 Å². The molecule has 3 aromatic rings. The van der Waals surface area contributed by atoms with Gasteiger partial charge in [0.2, 0.25) is 5.43 Å². The zero-order chi connectivity index (χ0) is 16.0. The van der Waals surface area contributed by atoms with E-state index in [2.05, 4.69) is 0 Å². The Kier molecular flexibility index (Phi) is 2.84. The summed E-state index contributed by atoms with van der Waals surface area (Å²) in [5, 5.41) is 0.380. The molecule has 0 amide bonds. The molecule has 4 heteroatoms. The lowest BCUT2D eigenvalue weighted by Gasteiger charge is -2.14. The largest absolute Gasteiger partial charge is 0.463 e. The van der Waals surface area contributed by atoms with Gasteiger partial charge >= 0.3 is 0 Å². The number of hydrogen-bond acceptors (Lipinski definition) is 4. The second-order valence-electron chi connectivity index (χ2n) is 5.27. The van der Waals surface area contributed by atoms with Crippen molar-refractivity contribution in [3.63, 3.8) is 0 Å². The number of fused-ring (bicyclic) bond motifs is 2. The number of Topliss-reactive ketones (excluding diaryl/α,β-unsaturated/α-hetero) is 1. The van der Waals surface area contributed by atoms with Crippen LogP contribution in [0.25, 0.3) is 16.5 Å². The van der Waals surface area contributed by atoms with Crippen molar-refractivity contribution in [2.45, 2.75) is 0 Å². The molecule has 0 saturated carbocycles. The normalized spacial score (nSPS) is 13.8. The molecule has 0 saturated heterocycles. The van der Waals surface area contributed by atoms with Crippen LogP contribution in [0.1, 0.15) is 26.3 Å². The Hall–Kier alpha value is -3.27. The number of carbonyl (C=O) groups is 2. The van der Waals surface area contributed by atoms with E-state index in [4.69, 9.17) is 4.42 Å². The lowest BCUT2D eigenvalue weighted by molar-refractivity contribution is 0.100. The van der Waals surface area contributed by atoms with Crippen molar-refractivity contribution in [3.05, 3.63) is 87.8 Å². The van der Waals surface area contributed by atoms with Crippen molar-refractivity contribution in [3.8, 4) is 0 Å². The van der Waals surface area contributed by atoms with Crippen molar-refractivity contribution in [2.24, 2.45) is 0 Å². The fourth-order valence-electron chi connectivity index (χ4n) is 2.78. The Morgan fingerprint density at radius 1 is 0.739 bits per heavy atom. The molecule has 0 fully saturated rings. The molecule has 0 bridgehead atoms. The van der Waals surface area contributed by atoms with Crippen LogP contribution in [0.4, 0.5) is 0 Å². The van der Waals surface area contributed by atoms with Crippen molar-refractivity contribution in [1.82, 2.24) is 0 Å². The van der Waals surface area contributed by atoms with Crippen LogP contribution in [0.15, 0.2) is 70.1 Å². The SMILES string of the molecule is O=C1C=C(c2coc3ccccc3c2=O)C(=O)c2ccccc21. The molecule has 0 spiro atoms. The molecule has 0 N–H and O–H groups in total. The smallest absolute Gasteiger partial charge is 0.200 e. The number of benzene rings is 2. The van der Waals surface area contributed by atoms with Gasteiger partial charge in [0.05, 0.1) is 10.9 Å². The summed E-state index contributed by atoms with van der Waals surface area (Å²) >= 11 is 0. The molecule has 2 aromatic carbocycles. The fourth-order valence-corrected chi connectivity index (χ4v) is 2.78. The van der Waals surface area contributed by atoms with Crippen LogP contribution in [0.3, 0.4) is 0 Å². The van der Waals surface area contributed by atoms with Crippen LogP contribution in [0, 0.1) is 0 Å². The zero-order valence-corrected chi connectivity index (χ0v) is 11.9. The molecule has 1 aliphatic carbocycles. The van der Waals surface area contributed by atoms with Crippen LogP contribution in [0.2, 0.25) is 0 Å². The molecule has 23 heavy (non-hydrogen) atoms. The highest BCUT2D eigenvalue weighted by atomic mass is 16.3. The number of hydrogen-bond donors (Lipinski definition) is 0. The van der Waals surface area contributed by atoms with E-state index in [0.29, 0.717) is 22.1 Å². The van der Waals surface area contributed by atoms with Crippen molar-refractivity contribution in [1.29, 1.82) is 0 Å². The minimum absolute atomic E-state index is 0.0770. The highest BCUT2D eigenvalue weighted by molar-refractivity contribution is 6.38. The van der Waals surface area contributed by atoms with E-state index in [9.17, 15) is 14.4 Å². The summed E-state index contributed by atoms with van der Waals surface area (Å²) in [6.07, 6.45) is 2.46. The summed E-state index contributed by atoms with van der Waals surface area (Å²) in [4.78, 5) is 37.5. The maximum absolute atomic E-state index is 12.6. The van der Waals surface area contributed by atoms with E-state index in [1.807, 2.05) is 0 Å². The van der Waals surface area contributed by atoms with E-state index in [0.717, 1.165) is 0 Å². The van der Waals surface area contributed by atoms with Crippen LogP contribution < -0.4 is 5.43 Å². The Labute approximate surface area is 130 Å². The summed E-state index contributed by atoms with van der Waals surface area (Å²) in [5.41, 5.74) is 0.967. The van der Waals surface area contributed by atoms with E-state index in [1.54, 1.807) is 48.5 Å². The van der Waals surface area contributed by atoms with Gasteiger partial charge in [-0.1, -0.05) is 36.4 Å². The fraction of sp³-hybridized carbons (Fsp3) is 0. The van der Waals surface area contributed by atoms with Crippen LogP contribution in [-0.4, -0.2) is 11.6 Å². The predicted molar refractivity (Wildman–Crippen MR) is 85.6 cm³/mol. The third-order valence-corrected chi connectivity index (χ3v) is 3.93. The average Bonchev–Trinajstić information content (AvgIpc) is 2.59. The minimum Gasteiger partial charge on any atom is -0.463 e.